The first-order chi connectivity index (χ1) is 10.6. The van der Waals surface area contributed by atoms with Gasteiger partial charge in [-0.3, -0.25) is 19.7 Å². The van der Waals surface area contributed by atoms with Gasteiger partial charge >= 0.3 is 0 Å². The summed E-state index contributed by atoms with van der Waals surface area (Å²) in [7, 11) is 0. The highest BCUT2D eigenvalue weighted by atomic mass is 32.2. The number of anilines is 1. The first kappa shape index (κ1) is 16.2. The molecule has 2 amide bonds. The number of carbonyl (C=O) groups is 2. The van der Waals surface area contributed by atoms with E-state index < -0.39 is 11.8 Å². The van der Waals surface area contributed by atoms with Crippen molar-refractivity contribution in [1.29, 1.82) is 0 Å². The summed E-state index contributed by atoms with van der Waals surface area (Å²) in [4.78, 5) is 36.8. The van der Waals surface area contributed by atoms with Gasteiger partial charge in [0, 0.05) is 12.3 Å². The van der Waals surface area contributed by atoms with Crippen molar-refractivity contribution in [3.8, 4) is 0 Å². The van der Waals surface area contributed by atoms with Gasteiger partial charge in [-0.15, -0.1) is 10.2 Å². The largest absolute Gasteiger partial charge is 0.343 e. The fraction of sp³-hybridized carbons (Fsp3) is 0.250. The van der Waals surface area contributed by atoms with Crippen LogP contribution in [0.2, 0.25) is 0 Å². The zero-order valence-electron chi connectivity index (χ0n) is 11.6. The fourth-order valence-electron chi connectivity index (χ4n) is 1.42. The van der Waals surface area contributed by atoms with Crippen LogP contribution in [0.5, 0.6) is 0 Å². The van der Waals surface area contributed by atoms with E-state index in [0.29, 0.717) is 5.13 Å². The van der Waals surface area contributed by atoms with Crippen molar-refractivity contribution in [3.63, 3.8) is 0 Å². The number of carbonyl (C=O) groups excluding carboxylic acids is 2. The Labute approximate surface area is 133 Å². The molecule has 116 valence electrons. The van der Waals surface area contributed by atoms with Crippen molar-refractivity contribution < 1.29 is 9.59 Å². The first-order valence-corrected chi connectivity index (χ1v) is 8.11. The van der Waals surface area contributed by atoms with Gasteiger partial charge in [0.2, 0.25) is 16.6 Å². The molecule has 2 rings (SSSR count). The maximum Gasteiger partial charge on any atom is 0.253 e. The minimum atomic E-state index is -0.453. The number of rotatable bonds is 6. The Hall–Kier alpha value is -2.20. The molecule has 0 aromatic carbocycles. The highest BCUT2D eigenvalue weighted by Crippen LogP contribution is 2.24. The predicted octanol–water partition coefficient (Wildman–Crippen LogP) is 0.707. The molecule has 2 aromatic heterocycles. The van der Waals surface area contributed by atoms with E-state index in [0.717, 1.165) is 10.1 Å². The first-order valence-electron chi connectivity index (χ1n) is 6.31. The summed E-state index contributed by atoms with van der Waals surface area (Å²) in [6, 6.07) is 2.62. The molecule has 0 saturated carbocycles. The van der Waals surface area contributed by atoms with Gasteiger partial charge in [-0.05, 0) is 11.8 Å². The smallest absolute Gasteiger partial charge is 0.253 e. The SMILES string of the molecule is CCSc1nnc(NC(=O)CNC(=O)c2ccc(=O)[nH]c2)s1. The molecule has 8 nitrogen and oxygen atoms in total. The molecule has 22 heavy (non-hydrogen) atoms. The summed E-state index contributed by atoms with van der Waals surface area (Å²) in [5, 5.41) is 13.1. The minimum Gasteiger partial charge on any atom is -0.343 e. The number of amides is 2. The monoisotopic (exact) mass is 339 g/mol. The number of aromatic nitrogens is 3. The quantitative estimate of drug-likeness (QED) is 0.527. The maximum atomic E-state index is 11.8. The van der Waals surface area contributed by atoms with Gasteiger partial charge in [0.1, 0.15) is 0 Å². The third kappa shape index (κ3) is 4.67. The van der Waals surface area contributed by atoms with Crippen LogP contribution < -0.4 is 16.2 Å². The van der Waals surface area contributed by atoms with Crippen molar-refractivity contribution in [3.05, 3.63) is 34.2 Å². The van der Waals surface area contributed by atoms with Crippen LogP contribution in [0.3, 0.4) is 0 Å². The van der Waals surface area contributed by atoms with E-state index in [9.17, 15) is 14.4 Å². The third-order valence-corrected chi connectivity index (χ3v) is 4.23. The molecule has 0 aliphatic carbocycles. The topological polar surface area (TPSA) is 117 Å². The molecule has 2 aromatic rings. The zero-order chi connectivity index (χ0) is 15.9. The number of hydrogen-bond donors (Lipinski definition) is 3. The van der Waals surface area contributed by atoms with E-state index in [2.05, 4.69) is 25.8 Å². The lowest BCUT2D eigenvalue weighted by Gasteiger charge is -2.04. The van der Waals surface area contributed by atoms with E-state index in [1.54, 1.807) is 0 Å². The van der Waals surface area contributed by atoms with Crippen LogP contribution >= 0.6 is 23.1 Å². The molecule has 0 spiro atoms. The molecule has 0 bridgehead atoms. The van der Waals surface area contributed by atoms with E-state index >= 15 is 0 Å². The molecule has 0 unspecified atom stereocenters. The number of hydrogen-bond acceptors (Lipinski definition) is 7. The second kappa shape index (κ2) is 7.71. The Morgan fingerprint density at radius 2 is 2.18 bits per heavy atom. The molecular weight excluding hydrogens is 326 g/mol. The minimum absolute atomic E-state index is 0.201. The highest BCUT2D eigenvalue weighted by molar-refractivity contribution is 8.01. The van der Waals surface area contributed by atoms with Gasteiger partial charge in [-0.25, -0.2) is 0 Å². The van der Waals surface area contributed by atoms with Crippen molar-refractivity contribution in [2.75, 3.05) is 17.6 Å². The summed E-state index contributed by atoms with van der Waals surface area (Å²) in [5.41, 5.74) is -0.0312. The van der Waals surface area contributed by atoms with Crippen LogP contribution in [0.4, 0.5) is 5.13 Å². The molecule has 0 aliphatic heterocycles. The summed E-state index contributed by atoms with van der Waals surface area (Å²) in [6.07, 6.45) is 1.29. The number of thioether (sulfide) groups is 1. The molecule has 2 heterocycles. The Kier molecular flexibility index (Phi) is 5.67. The van der Waals surface area contributed by atoms with Crippen LogP contribution in [0, 0.1) is 0 Å². The van der Waals surface area contributed by atoms with Crippen molar-refractivity contribution in [1.82, 2.24) is 20.5 Å². The number of H-pyrrole nitrogens is 1. The standard InChI is InChI=1S/C12H13N5O3S2/c1-2-21-12-17-16-11(22-12)15-9(19)6-14-10(20)7-3-4-8(18)13-5-7/h3-5H,2,6H2,1H3,(H,13,18)(H,14,20)(H,15,16,19). The van der Waals surface area contributed by atoms with Gasteiger partial charge in [-0.1, -0.05) is 30.0 Å². The van der Waals surface area contributed by atoms with Gasteiger partial charge in [0.25, 0.3) is 5.91 Å². The van der Waals surface area contributed by atoms with Gasteiger partial charge < -0.3 is 10.3 Å². The molecule has 0 atom stereocenters. The van der Waals surface area contributed by atoms with Gasteiger partial charge in [-0.2, -0.15) is 0 Å². The Morgan fingerprint density at radius 3 is 2.86 bits per heavy atom. The second-order valence-corrected chi connectivity index (χ2v) is 6.47. The Morgan fingerprint density at radius 1 is 1.36 bits per heavy atom. The van der Waals surface area contributed by atoms with Crippen molar-refractivity contribution in [2.45, 2.75) is 11.3 Å². The van der Waals surface area contributed by atoms with E-state index in [4.69, 9.17) is 0 Å². The number of aromatic amines is 1. The third-order valence-electron chi connectivity index (χ3n) is 2.38. The molecule has 0 saturated heterocycles. The van der Waals surface area contributed by atoms with Crippen LogP contribution in [-0.4, -0.2) is 39.3 Å². The molecule has 0 fully saturated rings. The van der Waals surface area contributed by atoms with E-state index in [1.807, 2.05) is 6.92 Å². The van der Waals surface area contributed by atoms with Gasteiger partial charge in [0.15, 0.2) is 4.34 Å². The Bertz CT molecular complexity index is 707. The summed E-state index contributed by atoms with van der Waals surface area (Å²) >= 11 is 2.81. The second-order valence-electron chi connectivity index (χ2n) is 3.98. The Balaban J connectivity index is 1.82. The lowest BCUT2D eigenvalue weighted by molar-refractivity contribution is -0.115. The van der Waals surface area contributed by atoms with Crippen LogP contribution in [0.15, 0.2) is 27.5 Å². The fourth-order valence-corrected chi connectivity index (χ4v) is 3.09. The lowest BCUT2D eigenvalue weighted by atomic mass is 10.3. The normalized spacial score (nSPS) is 10.2. The van der Waals surface area contributed by atoms with Gasteiger partial charge in [0.05, 0.1) is 12.1 Å². The average Bonchev–Trinajstić information content (AvgIpc) is 2.93. The number of nitrogens with one attached hydrogen (secondary N) is 3. The number of nitrogens with zero attached hydrogens (tertiary/aromatic N) is 2. The predicted molar refractivity (Wildman–Crippen MR) is 84.3 cm³/mol. The summed E-state index contributed by atoms with van der Waals surface area (Å²) < 4.78 is 0.773. The molecule has 3 N–H and O–H groups in total. The zero-order valence-corrected chi connectivity index (χ0v) is 13.2. The number of pyridine rings is 1. The summed E-state index contributed by atoms with van der Waals surface area (Å²) in [6.45, 7) is 1.80. The molecule has 0 radical (unpaired) electrons. The summed E-state index contributed by atoms with van der Waals surface area (Å²) in [5.74, 6) is 0.0190. The maximum absolute atomic E-state index is 11.8. The van der Waals surface area contributed by atoms with E-state index in [1.165, 1.54) is 41.4 Å². The van der Waals surface area contributed by atoms with E-state index in [-0.39, 0.29) is 17.7 Å². The average molecular weight is 339 g/mol. The van der Waals surface area contributed by atoms with Crippen molar-refractivity contribution in [2.24, 2.45) is 0 Å². The lowest BCUT2D eigenvalue weighted by Crippen LogP contribution is -2.33. The van der Waals surface area contributed by atoms with Crippen molar-refractivity contribution >= 4 is 40.0 Å². The van der Waals surface area contributed by atoms with Crippen LogP contribution in [0.1, 0.15) is 17.3 Å². The molecular formula is C12H13N5O3S2. The molecule has 0 aliphatic rings. The highest BCUT2D eigenvalue weighted by Gasteiger charge is 2.10. The van der Waals surface area contributed by atoms with Crippen LogP contribution in [0.25, 0.3) is 0 Å². The van der Waals surface area contributed by atoms with Crippen LogP contribution in [-0.2, 0) is 4.79 Å². The molecule has 10 heteroatoms.